The summed E-state index contributed by atoms with van der Waals surface area (Å²) < 4.78 is 27.5. The van der Waals surface area contributed by atoms with E-state index in [0.29, 0.717) is 18.4 Å². The van der Waals surface area contributed by atoms with Crippen LogP contribution in [0.5, 0.6) is 0 Å². The van der Waals surface area contributed by atoms with Crippen molar-refractivity contribution in [2.45, 2.75) is 12.7 Å². The Balaban J connectivity index is 0. The van der Waals surface area contributed by atoms with Crippen molar-refractivity contribution in [1.82, 2.24) is 0 Å². The van der Waals surface area contributed by atoms with Crippen LogP contribution in [0.3, 0.4) is 0 Å². The minimum absolute atomic E-state index is 0. The lowest BCUT2D eigenvalue weighted by atomic mass is 10.7. The Hall–Kier alpha value is -0.0300. The Labute approximate surface area is 74.6 Å². The quantitative estimate of drug-likeness (QED) is 0.565. The first kappa shape index (κ1) is 13.6. The number of halogens is 3. The highest BCUT2D eigenvalue weighted by molar-refractivity contribution is 8.00. The molecule has 0 radical (unpaired) electrons. The molecule has 0 aromatic heterocycles. The SMILES string of the molecule is CCOC(=N)CSC(F)F.Cl. The van der Waals surface area contributed by atoms with Gasteiger partial charge in [0.2, 0.25) is 0 Å². The molecule has 0 unspecified atom stereocenters. The van der Waals surface area contributed by atoms with Crippen LogP contribution in [0.25, 0.3) is 0 Å². The second kappa shape index (κ2) is 8.07. The van der Waals surface area contributed by atoms with E-state index in [2.05, 4.69) is 4.74 Å². The van der Waals surface area contributed by atoms with Gasteiger partial charge in [0.15, 0.2) is 5.90 Å². The van der Waals surface area contributed by atoms with Crippen LogP contribution in [-0.4, -0.2) is 24.0 Å². The summed E-state index contributed by atoms with van der Waals surface area (Å²) in [5.41, 5.74) is 0. The standard InChI is InChI=1S/C5H9F2NOS.ClH/c1-2-9-4(8)3-10-5(6)7;/h5,8H,2-3H2,1H3;1H. The first-order chi connectivity index (χ1) is 4.66. The van der Waals surface area contributed by atoms with E-state index in [9.17, 15) is 8.78 Å². The summed E-state index contributed by atoms with van der Waals surface area (Å²) in [7, 11) is 0. The van der Waals surface area contributed by atoms with Crippen LogP contribution in [-0.2, 0) is 4.74 Å². The van der Waals surface area contributed by atoms with Gasteiger partial charge in [-0.3, -0.25) is 5.41 Å². The van der Waals surface area contributed by atoms with Crippen molar-refractivity contribution in [3.63, 3.8) is 0 Å². The maximum Gasteiger partial charge on any atom is 0.285 e. The van der Waals surface area contributed by atoms with Gasteiger partial charge in [-0.1, -0.05) is 11.8 Å². The van der Waals surface area contributed by atoms with Gasteiger partial charge in [-0.25, -0.2) is 0 Å². The average molecular weight is 206 g/mol. The van der Waals surface area contributed by atoms with E-state index in [1.165, 1.54) is 0 Å². The Bertz CT molecular complexity index is 115. The molecule has 0 aliphatic rings. The molecule has 68 valence electrons. The third-order valence-electron chi connectivity index (χ3n) is 0.659. The number of hydrogen-bond acceptors (Lipinski definition) is 3. The van der Waals surface area contributed by atoms with Crippen molar-refractivity contribution in [2.24, 2.45) is 0 Å². The predicted molar refractivity (Wildman–Crippen MR) is 45.1 cm³/mol. The third-order valence-corrected chi connectivity index (χ3v) is 1.34. The first-order valence-corrected chi connectivity index (χ1v) is 3.81. The second-order valence-electron chi connectivity index (χ2n) is 1.43. The number of nitrogens with one attached hydrogen (secondary N) is 1. The highest BCUT2D eigenvalue weighted by atomic mass is 35.5. The van der Waals surface area contributed by atoms with Gasteiger partial charge in [-0.2, -0.15) is 8.78 Å². The van der Waals surface area contributed by atoms with Gasteiger partial charge < -0.3 is 4.74 Å². The van der Waals surface area contributed by atoms with Gasteiger partial charge in [-0.15, -0.1) is 12.4 Å². The fourth-order valence-corrected chi connectivity index (χ4v) is 0.715. The fourth-order valence-electron chi connectivity index (χ4n) is 0.355. The summed E-state index contributed by atoms with van der Waals surface area (Å²) in [6.45, 7) is 2.07. The van der Waals surface area contributed by atoms with Crippen LogP contribution in [0, 0.1) is 5.41 Å². The minimum Gasteiger partial charge on any atom is -0.481 e. The molecule has 0 amide bonds. The van der Waals surface area contributed by atoms with Crippen LogP contribution in [0.15, 0.2) is 0 Å². The molecule has 11 heavy (non-hydrogen) atoms. The van der Waals surface area contributed by atoms with Crippen LogP contribution >= 0.6 is 24.2 Å². The maximum absolute atomic E-state index is 11.4. The summed E-state index contributed by atoms with van der Waals surface area (Å²) in [4.78, 5) is 0. The number of rotatable bonds is 4. The normalized spacial score (nSPS) is 9.09. The Morgan fingerprint density at radius 1 is 1.64 bits per heavy atom. The summed E-state index contributed by atoms with van der Waals surface area (Å²) in [6.07, 6.45) is 0. The van der Waals surface area contributed by atoms with E-state index in [4.69, 9.17) is 5.41 Å². The van der Waals surface area contributed by atoms with Gasteiger partial charge >= 0.3 is 0 Å². The summed E-state index contributed by atoms with van der Waals surface area (Å²) in [5, 5.41) is 6.91. The number of alkyl halides is 2. The molecular weight excluding hydrogens is 196 g/mol. The molecule has 0 spiro atoms. The molecule has 0 aromatic rings. The largest absolute Gasteiger partial charge is 0.481 e. The fraction of sp³-hybridized carbons (Fsp3) is 0.800. The van der Waals surface area contributed by atoms with Crippen molar-refractivity contribution >= 4 is 30.1 Å². The van der Waals surface area contributed by atoms with Crippen molar-refractivity contribution in [1.29, 1.82) is 5.41 Å². The van der Waals surface area contributed by atoms with Gasteiger partial charge in [0, 0.05) is 0 Å². The highest BCUT2D eigenvalue weighted by Gasteiger charge is 2.04. The molecule has 0 saturated carbocycles. The first-order valence-electron chi connectivity index (χ1n) is 2.76. The van der Waals surface area contributed by atoms with Crippen molar-refractivity contribution < 1.29 is 13.5 Å². The predicted octanol–water partition coefficient (Wildman–Crippen LogP) is 2.38. The molecule has 0 rings (SSSR count). The molecule has 0 fully saturated rings. The zero-order valence-electron chi connectivity index (χ0n) is 5.97. The molecule has 2 nitrogen and oxygen atoms in total. The Kier molecular flexibility index (Phi) is 9.94. The topological polar surface area (TPSA) is 33.1 Å². The summed E-state index contributed by atoms with van der Waals surface area (Å²) >= 11 is 0.396. The molecule has 0 heterocycles. The molecule has 0 aliphatic carbocycles. The third kappa shape index (κ3) is 9.97. The van der Waals surface area contributed by atoms with Crippen LogP contribution in [0.2, 0.25) is 0 Å². The average Bonchev–Trinajstić information content (AvgIpc) is 1.85. The number of hydrogen-bond donors (Lipinski definition) is 1. The monoisotopic (exact) mass is 205 g/mol. The van der Waals surface area contributed by atoms with Crippen molar-refractivity contribution in [2.75, 3.05) is 12.4 Å². The smallest absolute Gasteiger partial charge is 0.285 e. The zero-order chi connectivity index (χ0) is 7.98. The van der Waals surface area contributed by atoms with Crippen molar-refractivity contribution in [3.05, 3.63) is 0 Å². The molecule has 0 aliphatic heterocycles. The summed E-state index contributed by atoms with van der Waals surface area (Å²) in [6, 6.07) is 0. The lowest BCUT2D eigenvalue weighted by molar-refractivity contribution is 0.252. The van der Waals surface area contributed by atoms with E-state index in [-0.39, 0.29) is 24.1 Å². The van der Waals surface area contributed by atoms with Crippen LogP contribution in [0.4, 0.5) is 8.78 Å². The van der Waals surface area contributed by atoms with E-state index in [1.54, 1.807) is 6.92 Å². The highest BCUT2D eigenvalue weighted by Crippen LogP contribution is 2.12. The maximum atomic E-state index is 11.4. The molecule has 1 N–H and O–H groups in total. The number of ether oxygens (including phenoxy) is 1. The molecule has 0 atom stereocenters. The van der Waals surface area contributed by atoms with Gasteiger partial charge in [-0.05, 0) is 6.92 Å². The van der Waals surface area contributed by atoms with E-state index < -0.39 is 5.76 Å². The Morgan fingerprint density at radius 2 is 2.18 bits per heavy atom. The molecular formula is C5H10ClF2NOS. The van der Waals surface area contributed by atoms with Gasteiger partial charge in [0.05, 0.1) is 12.4 Å². The second-order valence-corrected chi connectivity index (χ2v) is 2.41. The van der Waals surface area contributed by atoms with Crippen molar-refractivity contribution in [3.8, 4) is 0 Å². The van der Waals surface area contributed by atoms with Gasteiger partial charge in [0.25, 0.3) is 5.76 Å². The van der Waals surface area contributed by atoms with E-state index in [0.717, 1.165) is 0 Å². The Morgan fingerprint density at radius 3 is 2.55 bits per heavy atom. The molecule has 0 aromatic carbocycles. The molecule has 6 heteroatoms. The van der Waals surface area contributed by atoms with E-state index >= 15 is 0 Å². The molecule has 0 saturated heterocycles. The van der Waals surface area contributed by atoms with Gasteiger partial charge in [0.1, 0.15) is 0 Å². The van der Waals surface area contributed by atoms with Crippen LogP contribution < -0.4 is 0 Å². The number of thioether (sulfide) groups is 1. The molecule has 0 bridgehead atoms. The zero-order valence-corrected chi connectivity index (χ0v) is 7.61. The summed E-state index contributed by atoms with van der Waals surface area (Å²) in [5.74, 6) is -2.56. The van der Waals surface area contributed by atoms with Crippen LogP contribution in [0.1, 0.15) is 6.92 Å². The lowest BCUT2D eigenvalue weighted by Gasteiger charge is -2.02. The minimum atomic E-state index is -2.42. The lowest BCUT2D eigenvalue weighted by Crippen LogP contribution is -2.06. The van der Waals surface area contributed by atoms with E-state index in [1.807, 2.05) is 0 Å².